The molecule has 0 aliphatic carbocycles. The topological polar surface area (TPSA) is 127 Å². The Kier molecular flexibility index (Phi) is 7.36. The summed E-state index contributed by atoms with van der Waals surface area (Å²) in [4.78, 5) is 0. The number of aliphatic hydroxyl groups excluding tert-OH is 1. The molecule has 1 aromatic carbocycles. The second-order valence-corrected chi connectivity index (χ2v) is 7.69. The molecular formula is C12H17NO6S3. The van der Waals surface area contributed by atoms with E-state index in [0.29, 0.717) is 17.3 Å². The van der Waals surface area contributed by atoms with Crippen molar-refractivity contribution in [3.63, 3.8) is 0 Å². The Labute approximate surface area is 138 Å². The minimum absolute atomic E-state index is 0.0472. The number of aromatic hydroxyl groups is 2. The molecule has 0 fully saturated rings. The average molecular weight is 367 g/mol. The maximum atomic E-state index is 10.6. The molecule has 1 aromatic rings. The Morgan fingerprint density at radius 1 is 1.32 bits per heavy atom. The number of thioether (sulfide) groups is 1. The lowest BCUT2D eigenvalue weighted by atomic mass is 10.1. The van der Waals surface area contributed by atoms with E-state index in [1.165, 1.54) is 12.1 Å². The number of nitrogens with one attached hydrogen (secondary N) is 1. The van der Waals surface area contributed by atoms with Crippen LogP contribution in [0.4, 0.5) is 0 Å². The van der Waals surface area contributed by atoms with Gasteiger partial charge in [0, 0.05) is 12.3 Å². The fraction of sp³-hybridized carbons (Fsp3) is 0.417. The average Bonchev–Trinajstić information content (AvgIpc) is 2.38. The monoisotopic (exact) mass is 367 g/mol. The number of aliphatic hydroxyl groups is 1. The molecule has 0 amide bonds. The van der Waals surface area contributed by atoms with E-state index >= 15 is 0 Å². The molecule has 5 N–H and O–H groups in total. The molecule has 0 saturated carbocycles. The third-order valence-corrected chi connectivity index (χ3v) is 4.79. The van der Waals surface area contributed by atoms with E-state index in [9.17, 15) is 23.7 Å². The van der Waals surface area contributed by atoms with Gasteiger partial charge < -0.3 is 20.6 Å². The summed E-state index contributed by atoms with van der Waals surface area (Å²) in [6.07, 6.45) is -0.643. The van der Waals surface area contributed by atoms with Crippen LogP contribution in [0.3, 0.4) is 0 Å². The maximum Gasteiger partial charge on any atom is 0.267 e. The number of phenolic OH excluding ortho intramolecular Hbond substituents is 2. The van der Waals surface area contributed by atoms with Gasteiger partial charge in [-0.05, 0) is 24.1 Å². The highest BCUT2D eigenvalue weighted by molar-refractivity contribution is 8.23. The van der Waals surface area contributed by atoms with Crippen LogP contribution in [0.25, 0.3) is 0 Å². The van der Waals surface area contributed by atoms with Gasteiger partial charge in [-0.15, -0.1) is 0 Å². The Balaban J connectivity index is 2.27. The highest BCUT2D eigenvalue weighted by atomic mass is 32.2. The normalized spacial score (nSPS) is 12.8. The van der Waals surface area contributed by atoms with Gasteiger partial charge in [-0.2, -0.15) is 8.42 Å². The molecule has 0 spiro atoms. The predicted octanol–water partition coefficient (Wildman–Crippen LogP) is 0.497. The number of phenols is 2. The van der Waals surface area contributed by atoms with E-state index < -0.39 is 22.0 Å². The first kappa shape index (κ1) is 19.0. The van der Waals surface area contributed by atoms with Gasteiger partial charge in [0.2, 0.25) is 0 Å². The summed E-state index contributed by atoms with van der Waals surface area (Å²) >= 11 is 6.09. The van der Waals surface area contributed by atoms with Gasteiger partial charge in [0.05, 0.1) is 6.10 Å². The highest BCUT2D eigenvalue weighted by Crippen LogP contribution is 2.24. The molecule has 124 valence electrons. The Morgan fingerprint density at radius 3 is 2.59 bits per heavy atom. The Bertz CT molecular complexity index is 619. The van der Waals surface area contributed by atoms with Crippen molar-refractivity contribution in [1.82, 2.24) is 5.32 Å². The van der Waals surface area contributed by atoms with Crippen LogP contribution in [0.1, 0.15) is 5.56 Å². The molecule has 0 bridgehead atoms. The lowest BCUT2D eigenvalue weighted by Crippen LogP contribution is -2.26. The van der Waals surface area contributed by atoms with E-state index in [-0.39, 0.29) is 17.3 Å². The summed E-state index contributed by atoms with van der Waals surface area (Å²) in [5.74, 6) is -1.06. The minimum Gasteiger partial charge on any atom is -0.504 e. The van der Waals surface area contributed by atoms with Gasteiger partial charge in [0.1, 0.15) is 10.1 Å². The first-order valence-electron chi connectivity index (χ1n) is 6.22. The zero-order valence-electron chi connectivity index (χ0n) is 11.5. The van der Waals surface area contributed by atoms with Crippen LogP contribution in [-0.2, 0) is 16.5 Å². The van der Waals surface area contributed by atoms with Crippen LogP contribution in [0.15, 0.2) is 18.2 Å². The van der Waals surface area contributed by atoms with Crippen LogP contribution >= 0.6 is 24.0 Å². The van der Waals surface area contributed by atoms with E-state index in [2.05, 4.69) is 5.32 Å². The standard InChI is InChI=1S/C12H17NO6S3/c14-9(7-22(17,18)19)6-21-12(20)13-4-3-8-1-2-10(15)11(16)5-8/h1-2,5,9,14-16H,3-4,6-7H2,(H,13,20)(H,17,18,19). The molecular weight excluding hydrogens is 350 g/mol. The summed E-state index contributed by atoms with van der Waals surface area (Å²) in [6.45, 7) is 0.477. The van der Waals surface area contributed by atoms with E-state index in [0.717, 1.165) is 17.3 Å². The van der Waals surface area contributed by atoms with Gasteiger partial charge in [-0.25, -0.2) is 0 Å². The van der Waals surface area contributed by atoms with Crippen LogP contribution in [0, 0.1) is 0 Å². The molecule has 22 heavy (non-hydrogen) atoms. The molecule has 0 aliphatic heterocycles. The molecule has 0 heterocycles. The molecule has 0 radical (unpaired) electrons. The molecule has 0 aliphatic rings. The zero-order valence-corrected chi connectivity index (χ0v) is 13.9. The summed E-state index contributed by atoms with van der Waals surface area (Å²) in [5.41, 5.74) is 0.807. The minimum atomic E-state index is -4.20. The number of hydrogen-bond donors (Lipinski definition) is 5. The first-order chi connectivity index (χ1) is 10.2. The quantitative estimate of drug-likeness (QED) is 0.266. The molecule has 7 nitrogen and oxygen atoms in total. The predicted molar refractivity (Wildman–Crippen MR) is 89.0 cm³/mol. The van der Waals surface area contributed by atoms with Gasteiger partial charge in [0.15, 0.2) is 11.5 Å². The van der Waals surface area contributed by atoms with Crippen molar-refractivity contribution in [2.24, 2.45) is 0 Å². The Hall–Kier alpha value is -1.07. The van der Waals surface area contributed by atoms with Crippen molar-refractivity contribution >= 4 is 38.4 Å². The van der Waals surface area contributed by atoms with E-state index in [4.69, 9.17) is 16.8 Å². The SMILES string of the molecule is O=S(=O)(O)CC(O)CSC(=S)NCCc1ccc(O)c(O)c1. The second-order valence-electron chi connectivity index (χ2n) is 4.50. The Morgan fingerprint density at radius 2 is 2.00 bits per heavy atom. The second kappa shape index (κ2) is 8.53. The molecule has 1 rings (SSSR count). The van der Waals surface area contributed by atoms with Gasteiger partial charge >= 0.3 is 0 Å². The van der Waals surface area contributed by atoms with Crippen molar-refractivity contribution in [2.75, 3.05) is 18.1 Å². The molecule has 10 heteroatoms. The number of rotatable bonds is 7. The smallest absolute Gasteiger partial charge is 0.267 e. The van der Waals surface area contributed by atoms with Crippen molar-refractivity contribution in [1.29, 1.82) is 0 Å². The summed E-state index contributed by atoms with van der Waals surface area (Å²) in [5, 5.41) is 30.8. The van der Waals surface area contributed by atoms with Crippen LogP contribution < -0.4 is 5.32 Å². The number of hydrogen-bond acceptors (Lipinski definition) is 7. The van der Waals surface area contributed by atoms with Gasteiger partial charge in [-0.1, -0.05) is 30.0 Å². The lowest BCUT2D eigenvalue weighted by Gasteiger charge is -2.10. The van der Waals surface area contributed by atoms with E-state index in [1.54, 1.807) is 6.07 Å². The molecule has 1 unspecified atom stereocenters. The fourth-order valence-electron chi connectivity index (χ4n) is 1.55. The van der Waals surface area contributed by atoms with E-state index in [1.807, 2.05) is 0 Å². The largest absolute Gasteiger partial charge is 0.504 e. The first-order valence-corrected chi connectivity index (χ1v) is 9.22. The number of benzene rings is 1. The van der Waals surface area contributed by atoms with Gasteiger partial charge in [-0.3, -0.25) is 4.55 Å². The summed E-state index contributed by atoms with van der Waals surface area (Å²) in [7, 11) is -4.20. The van der Waals surface area contributed by atoms with Gasteiger partial charge in [0.25, 0.3) is 10.1 Å². The zero-order chi connectivity index (χ0) is 16.8. The third-order valence-electron chi connectivity index (χ3n) is 2.53. The van der Waals surface area contributed by atoms with Crippen molar-refractivity contribution in [3.8, 4) is 11.5 Å². The van der Waals surface area contributed by atoms with Crippen LogP contribution in [-0.4, -0.2) is 56.8 Å². The summed E-state index contributed by atoms with van der Waals surface area (Å²) in [6, 6.07) is 4.51. The third kappa shape index (κ3) is 7.80. The molecule has 1 atom stereocenters. The summed E-state index contributed by atoms with van der Waals surface area (Å²) < 4.78 is 30.1. The van der Waals surface area contributed by atoms with Crippen LogP contribution in [0.2, 0.25) is 0 Å². The van der Waals surface area contributed by atoms with Crippen molar-refractivity contribution in [3.05, 3.63) is 23.8 Å². The fourth-order valence-corrected chi connectivity index (χ4v) is 3.27. The molecule has 0 saturated heterocycles. The number of thiocarbonyl (C=S) groups is 1. The highest BCUT2D eigenvalue weighted by Gasteiger charge is 2.14. The van der Waals surface area contributed by atoms with Crippen molar-refractivity contribution in [2.45, 2.75) is 12.5 Å². The molecule has 0 aromatic heterocycles. The lowest BCUT2D eigenvalue weighted by molar-refractivity contribution is 0.220. The maximum absolute atomic E-state index is 10.6. The van der Waals surface area contributed by atoms with Crippen LogP contribution in [0.5, 0.6) is 11.5 Å². The van der Waals surface area contributed by atoms with Crippen molar-refractivity contribution < 1.29 is 28.3 Å².